The molecule has 0 spiro atoms. The summed E-state index contributed by atoms with van der Waals surface area (Å²) in [4.78, 5) is 115. The van der Waals surface area contributed by atoms with Crippen LogP contribution in [0.25, 0.3) is 0 Å². The molecule has 0 aromatic rings. The van der Waals surface area contributed by atoms with E-state index < -0.39 is 236 Å². The molecule has 57 heteroatoms. The van der Waals surface area contributed by atoms with E-state index in [1.807, 2.05) is 0 Å². The second-order valence-corrected chi connectivity index (χ2v) is 31.9. The predicted octanol–water partition coefficient (Wildman–Crippen LogP) is 2.31. The Bertz CT molecular complexity index is 2500. The Morgan fingerprint density at radius 1 is 0.261 bits per heavy atom. The lowest BCUT2D eigenvalue weighted by Gasteiger charge is -2.20. The van der Waals surface area contributed by atoms with E-state index in [2.05, 4.69) is 91.3 Å². The van der Waals surface area contributed by atoms with Gasteiger partial charge in [0.2, 0.25) is 0 Å². The third-order valence-electron chi connectivity index (χ3n) is 9.02. The summed E-state index contributed by atoms with van der Waals surface area (Å²) in [6.07, 6.45) is 0.654. The van der Waals surface area contributed by atoms with Crippen molar-refractivity contribution in [2.24, 2.45) is 17.8 Å². The van der Waals surface area contributed by atoms with Crippen molar-refractivity contribution in [3.8, 4) is 0 Å². The highest BCUT2D eigenvalue weighted by molar-refractivity contribution is 7.50. The summed E-state index contributed by atoms with van der Waals surface area (Å²) in [6.45, 7) is -13.6. The van der Waals surface area contributed by atoms with Gasteiger partial charge in [-0.15, -0.1) is 0 Å². The fourth-order valence-corrected chi connectivity index (χ4v) is 12.5. The zero-order chi connectivity index (χ0) is 67.5. The van der Waals surface area contributed by atoms with Crippen molar-refractivity contribution >= 4 is 86.0 Å². The van der Waals surface area contributed by atoms with Gasteiger partial charge in [0, 0.05) is 30.9 Å². The quantitative estimate of drug-likeness (QED) is 0.0307. The number of nitrogens with one attached hydrogen (secondary N) is 1. The zero-order valence-electron chi connectivity index (χ0n) is 46.7. The summed E-state index contributed by atoms with van der Waals surface area (Å²) in [5, 5.41) is 11.7. The van der Waals surface area contributed by atoms with Crippen molar-refractivity contribution in [2.45, 2.75) is 26.7 Å². The summed E-state index contributed by atoms with van der Waals surface area (Å²) >= 11 is 0. The van der Waals surface area contributed by atoms with Gasteiger partial charge in [0.25, 0.3) is 0 Å². The third kappa shape index (κ3) is 51.4. The van der Waals surface area contributed by atoms with E-state index in [1.165, 1.54) is 7.05 Å². The number of phosphoric acid groups is 11. The van der Waals surface area contributed by atoms with Crippen molar-refractivity contribution in [3.05, 3.63) is 0 Å². The van der Waals surface area contributed by atoms with Crippen molar-refractivity contribution in [2.75, 3.05) is 159 Å². The fourth-order valence-electron chi connectivity index (χ4n) is 4.85. The maximum Gasteiger partial charge on any atom is 0.472 e. The molecule has 0 saturated carbocycles. The molecular weight excluding hydrogens is 1450 g/mol. The average molecular weight is 1520 g/mol. The summed E-state index contributed by atoms with van der Waals surface area (Å²) in [5.74, 6) is -2.15. The van der Waals surface area contributed by atoms with E-state index in [0.29, 0.717) is 6.42 Å². The van der Waals surface area contributed by atoms with Gasteiger partial charge >= 0.3 is 86.0 Å². The van der Waals surface area contributed by atoms with Crippen LogP contribution in [0.15, 0.2) is 0 Å². The lowest BCUT2D eigenvalue weighted by molar-refractivity contribution is 0.0680. The molecule has 0 aliphatic carbocycles. The molecule has 0 aliphatic rings. The van der Waals surface area contributed by atoms with Crippen LogP contribution in [0, 0.1) is 17.8 Å². The third-order valence-corrected chi connectivity index (χ3v) is 19.5. The van der Waals surface area contributed by atoms with E-state index >= 15 is 0 Å². The van der Waals surface area contributed by atoms with Gasteiger partial charge in [-0.25, -0.2) is 50.2 Å². The SMILES string of the molecule is CCC(CO)COP(=O)(O)OCCOP(=O)(O)OCCOP(=O)(O)OCCOP(=O)(O)OCCOP(=O)(O)OCC(CNC)COP(=O)(O)OCCOP(=O)(O)OCCOP(=O)(O)OCCOP(=O)(O)OCCOP(=O)(O)OCC(CC)COP(=O)(O)O. The van der Waals surface area contributed by atoms with Crippen molar-refractivity contribution < 1.29 is 209 Å². The number of hydrogen-bond donors (Lipinski definition) is 14. The molecule has 0 amide bonds. The lowest BCUT2D eigenvalue weighted by atomic mass is 10.1. The minimum atomic E-state index is -4.98. The maximum absolute atomic E-state index is 12.4. The van der Waals surface area contributed by atoms with Crippen LogP contribution < -0.4 is 5.32 Å². The van der Waals surface area contributed by atoms with Gasteiger partial charge in [-0.2, -0.15) is 0 Å². The van der Waals surface area contributed by atoms with E-state index in [-0.39, 0.29) is 26.2 Å². The molecule has 530 valence electrons. The molecule has 0 aromatic carbocycles. The van der Waals surface area contributed by atoms with Gasteiger partial charge in [-0.3, -0.25) is 95.0 Å². The summed E-state index contributed by atoms with van der Waals surface area (Å²) in [6, 6.07) is 0. The number of phosphoric ester groups is 11. The molecule has 0 bridgehead atoms. The Labute approximate surface area is 502 Å². The monoisotopic (exact) mass is 1520 g/mol. The van der Waals surface area contributed by atoms with Gasteiger partial charge in [-0.1, -0.05) is 13.8 Å². The standard InChI is InChI=1S/C31H76NO45P11/c1-4-29(23-33)24-74-85(49,50)69-18-14-65-81(41,42)61-10-6-57-79(37,38)59-8-12-63-83(45,46)67-16-20-71-87(53,54)76-27-31(22-32-3)28-77-88(55,56)72-21-17-68-84(47,48)64-13-9-60-80(39,40)58-7-11-62-82(43,44)66-15-19-70-86(51,52)75-26-30(5-2)25-73-78(34,35)36/h29-33H,4-28H2,1-3H3,(H,37,38)(H,39,40)(H,41,42)(H,43,44)(H,45,46)(H,47,48)(H,49,50)(H,51,52)(H,53,54)(H,55,56)(H2,34,35,36). The highest BCUT2D eigenvalue weighted by Gasteiger charge is 2.33. The van der Waals surface area contributed by atoms with E-state index in [9.17, 15) is 99.1 Å². The number of rotatable bonds is 60. The molecule has 0 rings (SSSR count). The summed E-state index contributed by atoms with van der Waals surface area (Å²) < 4.78 is 228. The molecule has 46 nitrogen and oxygen atoms in total. The molecule has 0 heterocycles. The first kappa shape index (κ1) is 89.1. The van der Waals surface area contributed by atoms with Crippen LogP contribution in [0.2, 0.25) is 0 Å². The first-order valence-electron chi connectivity index (χ1n) is 24.6. The second kappa shape index (κ2) is 44.1. The average Bonchev–Trinajstić information content (AvgIpc) is 3.46. The molecular formula is C31H76NO45P11. The minimum Gasteiger partial charge on any atom is -0.396 e. The highest BCUT2D eigenvalue weighted by Crippen LogP contribution is 2.52. The van der Waals surface area contributed by atoms with E-state index in [4.69, 9.17) is 23.9 Å². The minimum absolute atomic E-state index is 0.0904. The number of aliphatic hydroxyl groups is 1. The molecule has 0 saturated heterocycles. The summed E-state index contributed by atoms with van der Waals surface area (Å²) in [7, 11) is -52.3. The maximum atomic E-state index is 12.4. The smallest absolute Gasteiger partial charge is 0.396 e. The van der Waals surface area contributed by atoms with Crippen LogP contribution in [0.1, 0.15) is 26.7 Å². The number of hydrogen-bond acceptors (Lipinski definition) is 34. The predicted molar refractivity (Wildman–Crippen MR) is 287 cm³/mol. The topological polar surface area (TPSA) is 657 Å². The van der Waals surface area contributed by atoms with Gasteiger partial charge < -0.3 is 69.1 Å². The summed E-state index contributed by atoms with van der Waals surface area (Å²) in [5.41, 5.74) is 0. The molecule has 13 unspecified atom stereocenters. The van der Waals surface area contributed by atoms with Gasteiger partial charge in [0.15, 0.2) is 0 Å². The molecule has 0 fully saturated rings. The largest absolute Gasteiger partial charge is 0.472 e. The highest BCUT2D eigenvalue weighted by atomic mass is 31.2. The van der Waals surface area contributed by atoms with Crippen LogP contribution in [-0.4, -0.2) is 223 Å². The molecule has 88 heavy (non-hydrogen) atoms. The van der Waals surface area contributed by atoms with E-state index in [0.717, 1.165) is 0 Å². The first-order chi connectivity index (χ1) is 40.4. The van der Waals surface area contributed by atoms with Crippen LogP contribution in [0.5, 0.6) is 0 Å². The van der Waals surface area contributed by atoms with Crippen LogP contribution in [-0.2, 0) is 145 Å². The van der Waals surface area contributed by atoms with Gasteiger partial charge in [0.05, 0.1) is 139 Å². The second-order valence-electron chi connectivity index (χ2n) is 16.1. The molecule has 13 atom stereocenters. The van der Waals surface area contributed by atoms with Crippen LogP contribution in [0.3, 0.4) is 0 Å². The van der Waals surface area contributed by atoms with Crippen LogP contribution >= 0.6 is 86.0 Å². The zero-order valence-corrected chi connectivity index (χ0v) is 56.5. The van der Waals surface area contributed by atoms with Crippen molar-refractivity contribution in [1.29, 1.82) is 0 Å². The van der Waals surface area contributed by atoms with Crippen molar-refractivity contribution in [1.82, 2.24) is 5.32 Å². The lowest BCUT2D eigenvalue weighted by Crippen LogP contribution is -2.27. The Balaban J connectivity index is 4.46. The molecule has 0 radical (unpaired) electrons. The van der Waals surface area contributed by atoms with Crippen molar-refractivity contribution in [3.63, 3.8) is 0 Å². The normalized spacial score (nSPS) is 20.5. The Hall–Kier alpha value is 1.13. The van der Waals surface area contributed by atoms with Crippen LogP contribution in [0.4, 0.5) is 0 Å². The first-order valence-corrected chi connectivity index (χ1v) is 41.0. The van der Waals surface area contributed by atoms with Gasteiger partial charge in [0.1, 0.15) is 0 Å². The molecule has 14 N–H and O–H groups in total. The Morgan fingerprint density at radius 3 is 0.580 bits per heavy atom. The molecule has 0 aromatic heterocycles. The Kier molecular flexibility index (Phi) is 44.7. The van der Waals surface area contributed by atoms with Gasteiger partial charge in [-0.05, 0) is 19.9 Å². The fraction of sp³-hybridized carbons (Fsp3) is 1.00. The van der Waals surface area contributed by atoms with E-state index in [1.54, 1.807) is 13.8 Å². The molecule has 0 aliphatic heterocycles. The Morgan fingerprint density at radius 2 is 0.420 bits per heavy atom. The number of aliphatic hydroxyl groups excluding tert-OH is 1.